The first-order valence-corrected chi connectivity index (χ1v) is 6.25. The summed E-state index contributed by atoms with van der Waals surface area (Å²) in [4.78, 5) is 28.5. The molecule has 0 bridgehead atoms. The van der Waals surface area contributed by atoms with Gasteiger partial charge in [-0.15, -0.1) is 0 Å². The lowest BCUT2D eigenvalue weighted by Crippen LogP contribution is -2.16. The van der Waals surface area contributed by atoms with Crippen molar-refractivity contribution in [2.75, 3.05) is 0 Å². The maximum Gasteiger partial charge on any atom is 0.416 e. The number of aromatic nitrogens is 2. The minimum absolute atomic E-state index is 0.000533. The van der Waals surface area contributed by atoms with Crippen LogP contribution in [0.2, 0.25) is 0 Å². The first kappa shape index (κ1) is 15.7. The van der Waals surface area contributed by atoms with Gasteiger partial charge in [0.25, 0.3) is 5.56 Å². The van der Waals surface area contributed by atoms with Gasteiger partial charge in [0.05, 0.1) is 5.56 Å². The first-order valence-electron chi connectivity index (χ1n) is 6.25. The van der Waals surface area contributed by atoms with Gasteiger partial charge in [0, 0.05) is 23.7 Å². The SMILES string of the molecule is O=C(O)CCc1cnc(-c2cccc(C(F)(F)F)c2)[nH]c1=O. The average Bonchev–Trinajstić information content (AvgIpc) is 2.45. The highest BCUT2D eigenvalue weighted by molar-refractivity contribution is 5.67. The molecule has 1 aromatic heterocycles. The topological polar surface area (TPSA) is 83.0 Å². The first-order chi connectivity index (χ1) is 10.3. The van der Waals surface area contributed by atoms with Gasteiger partial charge in [-0.3, -0.25) is 9.59 Å². The van der Waals surface area contributed by atoms with Crippen LogP contribution in [-0.4, -0.2) is 21.0 Å². The van der Waals surface area contributed by atoms with Gasteiger partial charge in [-0.25, -0.2) is 4.98 Å². The monoisotopic (exact) mass is 312 g/mol. The van der Waals surface area contributed by atoms with Crippen LogP contribution in [-0.2, 0) is 17.4 Å². The van der Waals surface area contributed by atoms with Crippen LogP contribution in [0.1, 0.15) is 17.5 Å². The molecule has 0 radical (unpaired) electrons. The van der Waals surface area contributed by atoms with Crippen molar-refractivity contribution in [1.29, 1.82) is 0 Å². The Morgan fingerprint density at radius 2 is 2.05 bits per heavy atom. The van der Waals surface area contributed by atoms with E-state index < -0.39 is 23.3 Å². The molecule has 0 atom stereocenters. The van der Waals surface area contributed by atoms with Crippen LogP contribution in [0, 0.1) is 0 Å². The molecule has 22 heavy (non-hydrogen) atoms. The number of rotatable bonds is 4. The molecule has 0 saturated carbocycles. The van der Waals surface area contributed by atoms with Gasteiger partial charge in [-0.05, 0) is 18.6 Å². The Morgan fingerprint density at radius 1 is 1.32 bits per heavy atom. The number of carboxylic acid groups (broad SMARTS) is 1. The summed E-state index contributed by atoms with van der Waals surface area (Å²) in [7, 11) is 0. The average molecular weight is 312 g/mol. The highest BCUT2D eigenvalue weighted by Gasteiger charge is 2.30. The van der Waals surface area contributed by atoms with Crippen LogP contribution >= 0.6 is 0 Å². The van der Waals surface area contributed by atoms with Crippen molar-refractivity contribution in [3.05, 3.63) is 51.9 Å². The molecule has 0 amide bonds. The summed E-state index contributed by atoms with van der Waals surface area (Å²) in [5.74, 6) is -1.06. The maximum atomic E-state index is 12.7. The second kappa shape index (κ2) is 6.00. The number of aromatic amines is 1. The minimum Gasteiger partial charge on any atom is -0.481 e. The van der Waals surface area contributed by atoms with Crippen LogP contribution in [0.15, 0.2) is 35.3 Å². The number of hydrogen-bond acceptors (Lipinski definition) is 3. The van der Waals surface area contributed by atoms with E-state index in [1.807, 2.05) is 0 Å². The molecule has 0 unspecified atom stereocenters. The lowest BCUT2D eigenvalue weighted by Gasteiger charge is -2.08. The molecule has 0 aliphatic rings. The highest BCUT2D eigenvalue weighted by Crippen LogP contribution is 2.31. The van der Waals surface area contributed by atoms with Crippen molar-refractivity contribution < 1.29 is 23.1 Å². The van der Waals surface area contributed by atoms with Gasteiger partial charge in [-0.2, -0.15) is 13.2 Å². The van der Waals surface area contributed by atoms with Crippen molar-refractivity contribution >= 4 is 5.97 Å². The van der Waals surface area contributed by atoms with Crippen molar-refractivity contribution in [1.82, 2.24) is 9.97 Å². The normalized spacial score (nSPS) is 11.4. The summed E-state index contributed by atoms with van der Waals surface area (Å²) < 4.78 is 38.0. The summed E-state index contributed by atoms with van der Waals surface area (Å²) in [5.41, 5.74) is -1.12. The van der Waals surface area contributed by atoms with Crippen molar-refractivity contribution in [3.8, 4) is 11.4 Å². The Kier molecular flexibility index (Phi) is 4.30. The number of carbonyl (C=O) groups is 1. The van der Waals surface area contributed by atoms with Crippen LogP contribution in [0.4, 0.5) is 13.2 Å². The second-order valence-corrected chi connectivity index (χ2v) is 4.56. The molecule has 2 N–H and O–H groups in total. The number of aryl methyl sites for hydroxylation is 1. The van der Waals surface area contributed by atoms with Crippen molar-refractivity contribution in [2.24, 2.45) is 0 Å². The Hall–Kier alpha value is -2.64. The van der Waals surface area contributed by atoms with Crippen molar-refractivity contribution in [2.45, 2.75) is 19.0 Å². The minimum atomic E-state index is -4.49. The number of hydrogen-bond donors (Lipinski definition) is 2. The van der Waals surface area contributed by atoms with E-state index in [2.05, 4.69) is 9.97 Å². The third-order valence-corrected chi connectivity index (χ3v) is 2.94. The molecule has 0 aliphatic heterocycles. The van der Waals surface area contributed by atoms with Gasteiger partial charge in [0.15, 0.2) is 0 Å². The zero-order valence-corrected chi connectivity index (χ0v) is 11.1. The molecular formula is C14H11F3N2O3. The summed E-state index contributed by atoms with van der Waals surface area (Å²) >= 11 is 0. The maximum absolute atomic E-state index is 12.7. The van der Waals surface area contributed by atoms with E-state index in [-0.39, 0.29) is 29.8 Å². The van der Waals surface area contributed by atoms with E-state index in [1.54, 1.807) is 0 Å². The fourth-order valence-corrected chi connectivity index (χ4v) is 1.83. The smallest absolute Gasteiger partial charge is 0.416 e. The van der Waals surface area contributed by atoms with Gasteiger partial charge in [0.2, 0.25) is 0 Å². The van der Waals surface area contributed by atoms with Gasteiger partial charge < -0.3 is 10.1 Å². The quantitative estimate of drug-likeness (QED) is 0.908. The van der Waals surface area contributed by atoms with E-state index in [1.165, 1.54) is 18.3 Å². The zero-order valence-electron chi connectivity index (χ0n) is 11.1. The molecule has 8 heteroatoms. The molecule has 1 heterocycles. The zero-order chi connectivity index (χ0) is 16.3. The van der Waals surface area contributed by atoms with Gasteiger partial charge in [-0.1, -0.05) is 12.1 Å². The van der Waals surface area contributed by atoms with E-state index >= 15 is 0 Å². The summed E-state index contributed by atoms with van der Waals surface area (Å²) in [5, 5.41) is 8.57. The number of carboxylic acids is 1. The van der Waals surface area contributed by atoms with E-state index in [9.17, 15) is 22.8 Å². The van der Waals surface area contributed by atoms with Crippen LogP contribution in [0.25, 0.3) is 11.4 Å². The molecule has 0 saturated heterocycles. The summed E-state index contributed by atoms with van der Waals surface area (Å²) in [6, 6.07) is 4.42. The number of H-pyrrole nitrogens is 1. The Bertz CT molecular complexity index is 753. The van der Waals surface area contributed by atoms with E-state index in [0.29, 0.717) is 0 Å². The van der Waals surface area contributed by atoms with Crippen LogP contribution in [0.5, 0.6) is 0 Å². The van der Waals surface area contributed by atoms with E-state index in [0.717, 1.165) is 12.1 Å². The van der Waals surface area contributed by atoms with E-state index in [4.69, 9.17) is 5.11 Å². The fraction of sp³-hybridized carbons (Fsp3) is 0.214. The van der Waals surface area contributed by atoms with Gasteiger partial charge >= 0.3 is 12.1 Å². The summed E-state index contributed by atoms with van der Waals surface area (Å²) in [6.07, 6.45) is -3.54. The number of benzene rings is 1. The lowest BCUT2D eigenvalue weighted by molar-refractivity contribution is -0.138. The molecular weight excluding hydrogens is 301 g/mol. The predicted octanol–water partition coefficient (Wildman–Crippen LogP) is 2.47. The molecule has 0 fully saturated rings. The number of nitrogens with one attached hydrogen (secondary N) is 1. The molecule has 2 aromatic rings. The molecule has 0 spiro atoms. The van der Waals surface area contributed by atoms with Crippen molar-refractivity contribution in [3.63, 3.8) is 0 Å². The lowest BCUT2D eigenvalue weighted by atomic mass is 10.1. The van der Waals surface area contributed by atoms with Crippen LogP contribution in [0.3, 0.4) is 0 Å². The Balaban J connectivity index is 2.32. The molecule has 116 valence electrons. The van der Waals surface area contributed by atoms with Gasteiger partial charge in [0.1, 0.15) is 5.82 Å². The fourth-order valence-electron chi connectivity index (χ4n) is 1.83. The largest absolute Gasteiger partial charge is 0.481 e. The molecule has 0 aliphatic carbocycles. The van der Waals surface area contributed by atoms with Crippen LogP contribution < -0.4 is 5.56 Å². The second-order valence-electron chi connectivity index (χ2n) is 4.56. The number of halogens is 3. The Morgan fingerprint density at radius 3 is 2.64 bits per heavy atom. The Labute approximate surface area is 122 Å². The summed E-state index contributed by atoms with van der Waals surface area (Å²) in [6.45, 7) is 0. The third-order valence-electron chi connectivity index (χ3n) is 2.94. The number of alkyl halides is 3. The number of aliphatic carboxylic acids is 1. The predicted molar refractivity (Wildman–Crippen MR) is 71.3 cm³/mol. The third kappa shape index (κ3) is 3.72. The standard InChI is InChI=1S/C14H11F3N2O3/c15-14(16,17)10-3-1-2-8(6-10)12-18-7-9(13(22)19-12)4-5-11(20)21/h1-3,6-7H,4-5H2,(H,20,21)(H,18,19,22). The highest BCUT2D eigenvalue weighted by atomic mass is 19.4. The molecule has 1 aromatic carbocycles. The molecule has 5 nitrogen and oxygen atoms in total. The number of nitrogens with zero attached hydrogens (tertiary/aromatic N) is 1. The molecule has 2 rings (SSSR count).